The van der Waals surface area contributed by atoms with Gasteiger partial charge in [0, 0.05) is 19.3 Å². The van der Waals surface area contributed by atoms with Crippen molar-refractivity contribution in [2.45, 2.75) is 45.3 Å². The van der Waals surface area contributed by atoms with Crippen LogP contribution < -0.4 is 15.8 Å². The first-order valence-electron chi connectivity index (χ1n) is 11.1. The van der Waals surface area contributed by atoms with Crippen LogP contribution in [0.15, 0.2) is 36.7 Å². The molecule has 10 nitrogen and oxygen atoms in total. The molecule has 2 heterocycles. The number of aromatic nitrogens is 4. The van der Waals surface area contributed by atoms with Gasteiger partial charge >= 0.3 is 0 Å². The number of ether oxygens (including phenoxy) is 1. The molecule has 176 valence electrons. The zero-order chi connectivity index (χ0) is 24.4. The molecule has 0 unspecified atom stereocenters. The standard InChI is InChI=1S/C24H27N7O3/c1-14(8-17-9-19(10-17)34-24-21(22(26)32)13-30(3)29-24)28-23(33)20-12-27-31(15(20)2)18-6-4-16(11-25)5-7-18/h4-7,12-14,17,19H,8-10H2,1-3H3,(H2,26,32)(H,28,33)/t14-,17?,19?/m0/s1. The molecule has 3 aromatic rings. The van der Waals surface area contributed by atoms with Crippen LogP contribution in [0.4, 0.5) is 0 Å². The summed E-state index contributed by atoms with van der Waals surface area (Å²) in [5.74, 6) is -0.0530. The Morgan fingerprint density at radius 3 is 2.65 bits per heavy atom. The molecule has 1 aliphatic carbocycles. The molecular formula is C24H27N7O3. The highest BCUT2D eigenvalue weighted by molar-refractivity contribution is 5.95. The number of hydrogen-bond acceptors (Lipinski definition) is 6. The van der Waals surface area contributed by atoms with Gasteiger partial charge in [0.1, 0.15) is 11.7 Å². The van der Waals surface area contributed by atoms with Crippen molar-refractivity contribution in [1.82, 2.24) is 24.9 Å². The summed E-state index contributed by atoms with van der Waals surface area (Å²) in [5, 5.41) is 20.5. The second-order valence-corrected chi connectivity index (χ2v) is 8.79. The van der Waals surface area contributed by atoms with Crippen LogP contribution in [0.2, 0.25) is 0 Å². The summed E-state index contributed by atoms with van der Waals surface area (Å²) >= 11 is 0. The molecule has 2 aromatic heterocycles. The molecule has 1 atom stereocenters. The minimum absolute atomic E-state index is 0.0196. The molecule has 0 aliphatic heterocycles. The van der Waals surface area contributed by atoms with E-state index in [2.05, 4.69) is 21.6 Å². The van der Waals surface area contributed by atoms with Crippen LogP contribution >= 0.6 is 0 Å². The van der Waals surface area contributed by atoms with Crippen molar-refractivity contribution in [3.05, 3.63) is 59.0 Å². The highest BCUT2D eigenvalue weighted by Gasteiger charge is 2.33. The first-order chi connectivity index (χ1) is 16.2. The summed E-state index contributed by atoms with van der Waals surface area (Å²) in [6, 6.07) is 9.11. The maximum absolute atomic E-state index is 12.8. The zero-order valence-electron chi connectivity index (χ0n) is 19.4. The molecule has 0 spiro atoms. The smallest absolute Gasteiger partial charge is 0.255 e. The molecule has 0 radical (unpaired) electrons. The number of primary amides is 1. The average Bonchev–Trinajstić information content (AvgIpc) is 3.34. The highest BCUT2D eigenvalue weighted by Crippen LogP contribution is 2.35. The lowest BCUT2D eigenvalue weighted by atomic mass is 9.78. The Hall–Kier alpha value is -4.13. The fraction of sp³-hybridized carbons (Fsp3) is 0.375. The van der Waals surface area contributed by atoms with E-state index in [0.29, 0.717) is 17.0 Å². The van der Waals surface area contributed by atoms with E-state index >= 15 is 0 Å². The topological polar surface area (TPSA) is 141 Å². The fourth-order valence-electron chi connectivity index (χ4n) is 4.28. The maximum atomic E-state index is 12.8. The van der Waals surface area contributed by atoms with Crippen molar-refractivity contribution < 1.29 is 14.3 Å². The molecule has 3 N–H and O–H groups in total. The van der Waals surface area contributed by atoms with Gasteiger partial charge in [0.25, 0.3) is 11.8 Å². The predicted octanol–water partition coefficient (Wildman–Crippen LogP) is 2.25. The monoisotopic (exact) mass is 461 g/mol. The van der Waals surface area contributed by atoms with Crippen LogP contribution in [0, 0.1) is 24.2 Å². The SMILES string of the molecule is Cc1c(C(=O)N[C@@H](C)CC2CC(Oc3nn(C)cc3C(N)=O)C2)cnn1-c1ccc(C#N)cc1. The minimum Gasteiger partial charge on any atom is -0.473 e. The number of amides is 2. The summed E-state index contributed by atoms with van der Waals surface area (Å²) in [7, 11) is 1.71. The summed E-state index contributed by atoms with van der Waals surface area (Å²) in [4.78, 5) is 24.3. The summed E-state index contributed by atoms with van der Waals surface area (Å²) < 4.78 is 9.05. The van der Waals surface area contributed by atoms with E-state index in [-0.39, 0.29) is 29.5 Å². The Kier molecular flexibility index (Phi) is 6.36. The minimum atomic E-state index is -0.562. The lowest BCUT2D eigenvalue weighted by molar-refractivity contribution is 0.0505. The Morgan fingerprint density at radius 2 is 2.00 bits per heavy atom. The van der Waals surface area contributed by atoms with Gasteiger partial charge in [-0.15, -0.1) is 5.10 Å². The summed E-state index contributed by atoms with van der Waals surface area (Å²) in [5.41, 5.74) is 8.26. The maximum Gasteiger partial charge on any atom is 0.255 e. The van der Waals surface area contributed by atoms with Gasteiger partial charge in [0.2, 0.25) is 5.88 Å². The van der Waals surface area contributed by atoms with Gasteiger partial charge in [-0.1, -0.05) is 0 Å². The largest absolute Gasteiger partial charge is 0.473 e. The number of aryl methyl sites for hydroxylation is 1. The first-order valence-corrected chi connectivity index (χ1v) is 11.1. The number of nitrogens with two attached hydrogens (primary N) is 1. The Labute approximate surface area is 197 Å². The molecule has 34 heavy (non-hydrogen) atoms. The number of nitrogens with zero attached hydrogens (tertiary/aromatic N) is 5. The van der Waals surface area contributed by atoms with Crippen molar-refractivity contribution in [2.75, 3.05) is 0 Å². The molecule has 1 aliphatic rings. The molecule has 1 fully saturated rings. The summed E-state index contributed by atoms with van der Waals surface area (Å²) in [6.45, 7) is 3.83. The Morgan fingerprint density at radius 1 is 1.29 bits per heavy atom. The van der Waals surface area contributed by atoms with E-state index in [4.69, 9.17) is 15.7 Å². The van der Waals surface area contributed by atoms with Crippen molar-refractivity contribution in [1.29, 1.82) is 5.26 Å². The van der Waals surface area contributed by atoms with Gasteiger partial charge in [-0.25, -0.2) is 4.68 Å². The number of carbonyl (C=O) groups excluding carboxylic acids is 2. The van der Waals surface area contributed by atoms with Crippen molar-refractivity contribution >= 4 is 11.8 Å². The van der Waals surface area contributed by atoms with Crippen LogP contribution in [0.5, 0.6) is 5.88 Å². The second kappa shape index (κ2) is 9.39. The van der Waals surface area contributed by atoms with Gasteiger partial charge in [0.15, 0.2) is 0 Å². The number of benzene rings is 1. The van der Waals surface area contributed by atoms with Crippen LogP contribution in [0.25, 0.3) is 5.69 Å². The van der Waals surface area contributed by atoms with Crippen LogP contribution in [0.1, 0.15) is 58.2 Å². The van der Waals surface area contributed by atoms with E-state index in [9.17, 15) is 9.59 Å². The Balaban J connectivity index is 1.28. The van der Waals surface area contributed by atoms with Gasteiger partial charge in [-0.2, -0.15) is 10.4 Å². The van der Waals surface area contributed by atoms with Crippen molar-refractivity contribution in [3.63, 3.8) is 0 Å². The zero-order valence-corrected chi connectivity index (χ0v) is 19.4. The average molecular weight is 462 g/mol. The summed E-state index contributed by atoms with van der Waals surface area (Å²) in [6.07, 6.45) is 5.56. The third-order valence-electron chi connectivity index (χ3n) is 6.09. The van der Waals surface area contributed by atoms with Crippen LogP contribution in [-0.4, -0.2) is 43.5 Å². The number of nitriles is 1. The quantitative estimate of drug-likeness (QED) is 0.527. The fourth-order valence-corrected chi connectivity index (χ4v) is 4.28. The lowest BCUT2D eigenvalue weighted by Crippen LogP contribution is -2.40. The Bertz CT molecular complexity index is 1250. The van der Waals surface area contributed by atoms with Gasteiger partial charge in [-0.3, -0.25) is 14.3 Å². The molecule has 0 saturated heterocycles. The van der Waals surface area contributed by atoms with E-state index in [1.54, 1.807) is 48.4 Å². The molecule has 2 amide bonds. The van der Waals surface area contributed by atoms with E-state index in [0.717, 1.165) is 30.6 Å². The first kappa shape index (κ1) is 23.0. The van der Waals surface area contributed by atoms with E-state index in [1.165, 1.54) is 4.68 Å². The number of hydrogen-bond donors (Lipinski definition) is 2. The van der Waals surface area contributed by atoms with Gasteiger partial charge in [0.05, 0.1) is 34.8 Å². The molecule has 1 saturated carbocycles. The highest BCUT2D eigenvalue weighted by atomic mass is 16.5. The van der Waals surface area contributed by atoms with Crippen molar-refractivity contribution in [2.24, 2.45) is 18.7 Å². The third kappa shape index (κ3) is 4.78. The normalized spacial score (nSPS) is 17.9. The molecular weight excluding hydrogens is 434 g/mol. The van der Waals surface area contributed by atoms with E-state index in [1.807, 2.05) is 13.8 Å². The molecule has 0 bridgehead atoms. The van der Waals surface area contributed by atoms with Gasteiger partial charge in [-0.05, 0) is 63.3 Å². The number of rotatable bonds is 8. The van der Waals surface area contributed by atoms with Crippen molar-refractivity contribution in [3.8, 4) is 17.6 Å². The second-order valence-electron chi connectivity index (χ2n) is 8.79. The van der Waals surface area contributed by atoms with Crippen LogP contribution in [-0.2, 0) is 7.05 Å². The molecule has 10 heteroatoms. The number of carbonyl (C=O) groups is 2. The molecule has 4 rings (SSSR count). The van der Waals surface area contributed by atoms with Crippen LogP contribution in [0.3, 0.4) is 0 Å². The predicted molar refractivity (Wildman–Crippen MR) is 123 cm³/mol. The van der Waals surface area contributed by atoms with E-state index < -0.39 is 5.91 Å². The number of nitrogens with one attached hydrogen (secondary N) is 1. The van der Waals surface area contributed by atoms with Gasteiger partial charge < -0.3 is 15.8 Å². The third-order valence-corrected chi connectivity index (χ3v) is 6.09. The lowest BCUT2D eigenvalue weighted by Gasteiger charge is -2.36. The molecule has 1 aromatic carbocycles.